The second kappa shape index (κ2) is 9.04. The Morgan fingerprint density at radius 3 is 3.08 bits per heavy atom. The predicted molar refractivity (Wildman–Crippen MR) is 96.0 cm³/mol. The molecule has 0 aliphatic rings. The molecule has 1 aromatic carbocycles. The second-order valence-electron chi connectivity index (χ2n) is 5.50. The standard InChI is InChI=1S/C17H19N5O3S/c1-13-4-2-5-14(10-13)25-9-7-18-16(23)12-26-17-19-20-21-22(17)11-15-6-3-8-24-15/h2-6,8,10H,7,9,11-12H2,1H3,(H,18,23). The van der Waals surface area contributed by atoms with Crippen LogP contribution in [0.2, 0.25) is 0 Å². The van der Waals surface area contributed by atoms with Crippen molar-refractivity contribution in [2.75, 3.05) is 18.9 Å². The van der Waals surface area contributed by atoms with Crippen LogP contribution in [0.15, 0.2) is 52.2 Å². The van der Waals surface area contributed by atoms with Crippen molar-refractivity contribution in [3.05, 3.63) is 54.0 Å². The molecule has 0 aliphatic heterocycles. The van der Waals surface area contributed by atoms with E-state index in [9.17, 15) is 4.79 Å². The Kier molecular flexibility index (Phi) is 6.26. The minimum atomic E-state index is -0.101. The Balaban J connectivity index is 1.37. The number of nitrogens with one attached hydrogen (secondary N) is 1. The molecule has 0 saturated carbocycles. The zero-order valence-electron chi connectivity index (χ0n) is 14.3. The summed E-state index contributed by atoms with van der Waals surface area (Å²) < 4.78 is 12.5. The number of ether oxygens (including phenoxy) is 1. The van der Waals surface area contributed by atoms with Crippen molar-refractivity contribution in [1.82, 2.24) is 25.5 Å². The Morgan fingerprint density at radius 2 is 2.27 bits per heavy atom. The summed E-state index contributed by atoms with van der Waals surface area (Å²) >= 11 is 1.27. The Morgan fingerprint density at radius 1 is 1.35 bits per heavy atom. The maximum atomic E-state index is 11.9. The van der Waals surface area contributed by atoms with E-state index in [0.717, 1.165) is 17.1 Å². The van der Waals surface area contributed by atoms with Gasteiger partial charge in [-0.05, 0) is 47.2 Å². The van der Waals surface area contributed by atoms with Crippen molar-refractivity contribution in [1.29, 1.82) is 0 Å². The van der Waals surface area contributed by atoms with Gasteiger partial charge in [-0.3, -0.25) is 4.79 Å². The molecule has 136 valence electrons. The number of hydrogen-bond acceptors (Lipinski definition) is 7. The fourth-order valence-corrected chi connectivity index (χ4v) is 2.90. The van der Waals surface area contributed by atoms with Crippen LogP contribution in [0.5, 0.6) is 5.75 Å². The average molecular weight is 373 g/mol. The van der Waals surface area contributed by atoms with Gasteiger partial charge in [0, 0.05) is 0 Å². The number of rotatable bonds is 9. The van der Waals surface area contributed by atoms with E-state index in [0.29, 0.717) is 24.9 Å². The van der Waals surface area contributed by atoms with E-state index < -0.39 is 0 Å². The topological polar surface area (TPSA) is 95.1 Å². The molecule has 0 fully saturated rings. The molecule has 3 rings (SSSR count). The first-order valence-electron chi connectivity index (χ1n) is 8.08. The van der Waals surface area contributed by atoms with Crippen LogP contribution in [0.1, 0.15) is 11.3 Å². The van der Waals surface area contributed by atoms with Gasteiger partial charge in [-0.15, -0.1) is 5.10 Å². The largest absolute Gasteiger partial charge is 0.492 e. The van der Waals surface area contributed by atoms with E-state index in [-0.39, 0.29) is 11.7 Å². The molecular weight excluding hydrogens is 354 g/mol. The van der Waals surface area contributed by atoms with Gasteiger partial charge in [0.25, 0.3) is 0 Å². The lowest BCUT2D eigenvalue weighted by molar-refractivity contribution is -0.118. The molecule has 8 nitrogen and oxygen atoms in total. The van der Waals surface area contributed by atoms with Crippen LogP contribution in [0.25, 0.3) is 0 Å². The number of tetrazole rings is 1. The number of amides is 1. The summed E-state index contributed by atoms with van der Waals surface area (Å²) in [5.41, 5.74) is 1.13. The van der Waals surface area contributed by atoms with Gasteiger partial charge in [0.15, 0.2) is 0 Å². The minimum Gasteiger partial charge on any atom is -0.492 e. The molecule has 26 heavy (non-hydrogen) atoms. The third-order valence-electron chi connectivity index (χ3n) is 3.40. The summed E-state index contributed by atoms with van der Waals surface area (Å²) in [4.78, 5) is 11.9. The molecule has 9 heteroatoms. The van der Waals surface area contributed by atoms with Gasteiger partial charge in [0.05, 0.1) is 18.6 Å². The number of thioether (sulfide) groups is 1. The predicted octanol–water partition coefficient (Wildman–Crippen LogP) is 1.91. The quantitative estimate of drug-likeness (QED) is 0.452. The normalized spacial score (nSPS) is 10.7. The first-order valence-corrected chi connectivity index (χ1v) is 9.07. The molecule has 3 aromatic rings. The van der Waals surface area contributed by atoms with Gasteiger partial charge in [-0.1, -0.05) is 23.9 Å². The van der Waals surface area contributed by atoms with E-state index in [1.807, 2.05) is 37.3 Å². The van der Waals surface area contributed by atoms with Crippen LogP contribution in [-0.4, -0.2) is 45.0 Å². The number of aryl methyl sites for hydroxylation is 1. The third kappa shape index (κ3) is 5.35. The summed E-state index contributed by atoms with van der Waals surface area (Å²) in [6.45, 7) is 3.28. The summed E-state index contributed by atoms with van der Waals surface area (Å²) in [6, 6.07) is 11.4. The number of furan rings is 1. The fourth-order valence-electron chi connectivity index (χ4n) is 2.19. The lowest BCUT2D eigenvalue weighted by Crippen LogP contribution is -2.29. The molecule has 1 N–H and O–H groups in total. The Bertz CT molecular complexity index is 835. The van der Waals surface area contributed by atoms with Crippen LogP contribution in [0.4, 0.5) is 0 Å². The highest BCUT2D eigenvalue weighted by Crippen LogP contribution is 2.15. The molecule has 1 amide bonds. The molecule has 0 aliphatic carbocycles. The molecule has 0 radical (unpaired) electrons. The van der Waals surface area contributed by atoms with Crippen molar-refractivity contribution in [3.63, 3.8) is 0 Å². The maximum Gasteiger partial charge on any atom is 0.230 e. The molecule has 0 bridgehead atoms. The number of aromatic nitrogens is 4. The molecule has 0 saturated heterocycles. The highest BCUT2D eigenvalue weighted by molar-refractivity contribution is 7.99. The van der Waals surface area contributed by atoms with Crippen LogP contribution in [0, 0.1) is 6.92 Å². The van der Waals surface area contributed by atoms with Gasteiger partial charge >= 0.3 is 0 Å². The van der Waals surface area contributed by atoms with E-state index in [1.165, 1.54) is 11.8 Å². The van der Waals surface area contributed by atoms with Crippen molar-refractivity contribution in [3.8, 4) is 5.75 Å². The minimum absolute atomic E-state index is 0.101. The highest BCUT2D eigenvalue weighted by atomic mass is 32.2. The molecule has 2 heterocycles. The summed E-state index contributed by atoms with van der Waals surface area (Å²) in [6.07, 6.45) is 1.60. The van der Waals surface area contributed by atoms with Crippen molar-refractivity contribution in [2.24, 2.45) is 0 Å². The molecular formula is C17H19N5O3S. The van der Waals surface area contributed by atoms with Gasteiger partial charge < -0.3 is 14.5 Å². The van der Waals surface area contributed by atoms with Crippen LogP contribution < -0.4 is 10.1 Å². The highest BCUT2D eigenvalue weighted by Gasteiger charge is 2.11. The first-order chi connectivity index (χ1) is 12.7. The second-order valence-corrected chi connectivity index (χ2v) is 6.44. The third-order valence-corrected chi connectivity index (χ3v) is 4.36. The summed E-state index contributed by atoms with van der Waals surface area (Å²) in [7, 11) is 0. The zero-order valence-corrected chi connectivity index (χ0v) is 15.1. The van der Waals surface area contributed by atoms with Crippen molar-refractivity contribution in [2.45, 2.75) is 18.6 Å². The van der Waals surface area contributed by atoms with Crippen molar-refractivity contribution >= 4 is 17.7 Å². The Hall–Kier alpha value is -2.81. The van der Waals surface area contributed by atoms with Crippen molar-refractivity contribution < 1.29 is 13.9 Å². The molecule has 0 unspecified atom stereocenters. The maximum absolute atomic E-state index is 11.9. The SMILES string of the molecule is Cc1cccc(OCCNC(=O)CSc2nnnn2Cc2ccco2)c1. The molecule has 2 aromatic heterocycles. The lowest BCUT2D eigenvalue weighted by Gasteiger charge is -2.08. The van der Waals surface area contributed by atoms with Gasteiger partial charge in [-0.2, -0.15) is 0 Å². The summed E-state index contributed by atoms with van der Waals surface area (Å²) in [5, 5.41) is 14.9. The average Bonchev–Trinajstić information content (AvgIpc) is 3.29. The van der Waals surface area contributed by atoms with Crippen LogP contribution in [0.3, 0.4) is 0 Å². The molecule has 0 spiro atoms. The van der Waals surface area contributed by atoms with E-state index in [4.69, 9.17) is 9.15 Å². The smallest absolute Gasteiger partial charge is 0.230 e. The van der Waals surface area contributed by atoms with Gasteiger partial charge in [0.2, 0.25) is 11.1 Å². The van der Waals surface area contributed by atoms with Crippen LogP contribution in [-0.2, 0) is 11.3 Å². The number of hydrogen-bond donors (Lipinski definition) is 1. The Labute approximate surface area is 154 Å². The number of nitrogens with zero attached hydrogens (tertiary/aromatic N) is 4. The monoisotopic (exact) mass is 373 g/mol. The summed E-state index contributed by atoms with van der Waals surface area (Å²) in [5.74, 6) is 1.67. The first kappa shape index (κ1) is 18.0. The number of carbonyl (C=O) groups is 1. The lowest BCUT2D eigenvalue weighted by atomic mass is 10.2. The van der Waals surface area contributed by atoms with E-state index >= 15 is 0 Å². The number of carbonyl (C=O) groups excluding carboxylic acids is 1. The number of benzene rings is 1. The fraction of sp³-hybridized carbons (Fsp3) is 0.294. The van der Waals surface area contributed by atoms with Gasteiger partial charge in [0.1, 0.15) is 24.7 Å². The van der Waals surface area contributed by atoms with Gasteiger partial charge in [-0.25, -0.2) is 4.68 Å². The van der Waals surface area contributed by atoms with E-state index in [1.54, 1.807) is 17.0 Å². The van der Waals surface area contributed by atoms with E-state index in [2.05, 4.69) is 20.8 Å². The molecule has 0 atom stereocenters. The van der Waals surface area contributed by atoms with Crippen LogP contribution >= 0.6 is 11.8 Å². The zero-order chi connectivity index (χ0) is 18.2.